The first kappa shape index (κ1) is 20.4. The zero-order valence-corrected chi connectivity index (χ0v) is 16.4. The van der Waals surface area contributed by atoms with Gasteiger partial charge in [0.2, 0.25) is 10.0 Å². The Bertz CT molecular complexity index is 869. The van der Waals surface area contributed by atoms with E-state index in [4.69, 9.17) is 11.6 Å². The minimum absolute atomic E-state index is 0.0235. The van der Waals surface area contributed by atoms with Crippen molar-refractivity contribution in [3.8, 4) is 11.1 Å². The van der Waals surface area contributed by atoms with E-state index in [1.807, 2.05) is 32.9 Å². The van der Waals surface area contributed by atoms with Crippen molar-refractivity contribution < 1.29 is 18.3 Å². The van der Waals surface area contributed by atoms with E-state index < -0.39 is 22.0 Å². The Balaban J connectivity index is 2.23. The Morgan fingerprint density at radius 1 is 1.04 bits per heavy atom. The number of carbonyl (C=O) groups is 1. The molecule has 0 saturated heterocycles. The fourth-order valence-electron chi connectivity index (χ4n) is 2.52. The summed E-state index contributed by atoms with van der Waals surface area (Å²) in [7, 11) is -3.93. The Hall–Kier alpha value is -1.89. The van der Waals surface area contributed by atoms with Crippen LogP contribution in [0.15, 0.2) is 53.4 Å². The molecule has 1 atom stereocenters. The third-order valence-corrected chi connectivity index (χ3v) is 5.49. The largest absolute Gasteiger partial charge is 0.480 e. The van der Waals surface area contributed by atoms with Crippen molar-refractivity contribution in [2.24, 2.45) is 5.41 Å². The summed E-state index contributed by atoms with van der Waals surface area (Å²) in [5, 5.41) is 9.95. The highest BCUT2D eigenvalue weighted by molar-refractivity contribution is 7.89. The van der Waals surface area contributed by atoms with Crippen molar-refractivity contribution in [3.05, 3.63) is 53.6 Å². The minimum Gasteiger partial charge on any atom is -0.480 e. The summed E-state index contributed by atoms with van der Waals surface area (Å²) in [6.45, 7) is 5.58. The van der Waals surface area contributed by atoms with Crippen LogP contribution in [0.25, 0.3) is 11.1 Å². The molecule has 1 unspecified atom stereocenters. The van der Waals surface area contributed by atoms with E-state index in [2.05, 4.69) is 4.72 Å². The molecule has 2 N–H and O–H groups in total. The number of rotatable bonds is 6. The molecule has 2 aromatic rings. The van der Waals surface area contributed by atoms with Gasteiger partial charge in [-0.15, -0.1) is 0 Å². The molecule has 26 heavy (non-hydrogen) atoms. The highest BCUT2D eigenvalue weighted by Crippen LogP contribution is 2.25. The molecule has 0 aliphatic heterocycles. The number of hydrogen-bond acceptors (Lipinski definition) is 3. The number of carboxylic acids is 1. The number of benzene rings is 2. The van der Waals surface area contributed by atoms with Gasteiger partial charge in [0.25, 0.3) is 0 Å². The van der Waals surface area contributed by atoms with Gasteiger partial charge in [0.1, 0.15) is 6.04 Å². The highest BCUT2D eigenvalue weighted by atomic mass is 35.5. The maximum atomic E-state index is 12.5. The second kappa shape index (κ2) is 7.78. The summed E-state index contributed by atoms with van der Waals surface area (Å²) in [6, 6.07) is 12.3. The molecule has 0 aromatic heterocycles. The normalized spacial score (nSPS) is 13.4. The van der Waals surface area contributed by atoms with E-state index >= 15 is 0 Å². The van der Waals surface area contributed by atoms with E-state index in [-0.39, 0.29) is 16.7 Å². The SMILES string of the molecule is CC(C)(C)CC(NS(=O)(=O)c1ccc(-c2ccc(Cl)cc2)cc1)C(=O)O. The molecule has 0 amide bonds. The van der Waals surface area contributed by atoms with Crippen LogP contribution in [-0.2, 0) is 14.8 Å². The topological polar surface area (TPSA) is 83.5 Å². The van der Waals surface area contributed by atoms with Crippen molar-refractivity contribution >= 4 is 27.6 Å². The van der Waals surface area contributed by atoms with Crippen LogP contribution >= 0.6 is 11.6 Å². The zero-order chi connectivity index (χ0) is 19.5. The molecule has 0 fully saturated rings. The molecule has 0 bridgehead atoms. The minimum atomic E-state index is -3.93. The Labute approximate surface area is 159 Å². The molecule has 2 aromatic carbocycles. The summed E-state index contributed by atoms with van der Waals surface area (Å²) in [6.07, 6.45) is 0.185. The number of carboxylic acid groups (broad SMARTS) is 1. The predicted molar refractivity (Wildman–Crippen MR) is 103 cm³/mol. The number of hydrogen-bond donors (Lipinski definition) is 2. The Morgan fingerprint density at radius 2 is 1.50 bits per heavy atom. The van der Waals surface area contributed by atoms with Crippen LogP contribution in [0.1, 0.15) is 27.2 Å². The third kappa shape index (κ3) is 5.56. The summed E-state index contributed by atoms with van der Waals surface area (Å²) < 4.78 is 27.4. The quantitative estimate of drug-likeness (QED) is 0.768. The van der Waals surface area contributed by atoms with Crippen LogP contribution < -0.4 is 4.72 Å². The fourth-order valence-corrected chi connectivity index (χ4v) is 3.83. The lowest BCUT2D eigenvalue weighted by atomic mass is 9.88. The average molecular weight is 396 g/mol. The smallest absolute Gasteiger partial charge is 0.321 e. The lowest BCUT2D eigenvalue weighted by Gasteiger charge is -2.23. The van der Waals surface area contributed by atoms with Crippen LogP contribution in [0.3, 0.4) is 0 Å². The predicted octanol–water partition coefficient (Wildman–Crippen LogP) is 4.17. The van der Waals surface area contributed by atoms with Crippen molar-refractivity contribution in [2.75, 3.05) is 0 Å². The lowest BCUT2D eigenvalue weighted by Crippen LogP contribution is -2.42. The van der Waals surface area contributed by atoms with Crippen LogP contribution in [0.4, 0.5) is 0 Å². The maximum Gasteiger partial charge on any atom is 0.321 e. The first-order valence-electron chi connectivity index (χ1n) is 8.09. The van der Waals surface area contributed by atoms with Crippen LogP contribution in [-0.4, -0.2) is 25.5 Å². The van der Waals surface area contributed by atoms with Gasteiger partial charge in [-0.25, -0.2) is 8.42 Å². The molecule has 0 saturated carbocycles. The van der Waals surface area contributed by atoms with Gasteiger partial charge < -0.3 is 5.11 Å². The lowest BCUT2D eigenvalue weighted by molar-refractivity contribution is -0.139. The van der Waals surface area contributed by atoms with Gasteiger partial charge in [0, 0.05) is 5.02 Å². The van der Waals surface area contributed by atoms with E-state index in [0.29, 0.717) is 5.02 Å². The Kier molecular flexibility index (Phi) is 6.11. The monoisotopic (exact) mass is 395 g/mol. The first-order chi connectivity index (χ1) is 12.0. The molecule has 7 heteroatoms. The van der Waals surface area contributed by atoms with Gasteiger partial charge >= 0.3 is 5.97 Å². The number of nitrogens with one attached hydrogen (secondary N) is 1. The standard InChI is InChI=1S/C19H22ClNO4S/c1-19(2,3)12-17(18(22)23)21-26(24,25)16-10-6-14(7-11-16)13-4-8-15(20)9-5-13/h4-11,17,21H,12H2,1-3H3,(H,22,23). The zero-order valence-electron chi connectivity index (χ0n) is 14.9. The summed E-state index contributed by atoms with van der Waals surface area (Å²) in [5.74, 6) is -1.19. The summed E-state index contributed by atoms with van der Waals surface area (Å²) in [4.78, 5) is 11.4. The van der Waals surface area contributed by atoms with Crippen molar-refractivity contribution in [3.63, 3.8) is 0 Å². The maximum absolute atomic E-state index is 12.5. The molecule has 5 nitrogen and oxygen atoms in total. The molecule has 2 rings (SSSR count). The molecule has 0 radical (unpaired) electrons. The highest BCUT2D eigenvalue weighted by Gasteiger charge is 2.29. The summed E-state index contributed by atoms with van der Waals surface area (Å²) in [5.41, 5.74) is 1.41. The molecule has 0 aliphatic carbocycles. The molecular formula is C19H22ClNO4S. The second-order valence-corrected chi connectivity index (χ2v) is 9.46. The van der Waals surface area contributed by atoms with Gasteiger partial charge in [0.15, 0.2) is 0 Å². The van der Waals surface area contributed by atoms with Crippen molar-refractivity contribution in [1.82, 2.24) is 4.72 Å². The van der Waals surface area contributed by atoms with Gasteiger partial charge in [-0.3, -0.25) is 4.79 Å². The van der Waals surface area contributed by atoms with Crippen molar-refractivity contribution in [2.45, 2.75) is 38.1 Å². The van der Waals surface area contributed by atoms with E-state index in [1.54, 1.807) is 24.3 Å². The molecule has 140 valence electrons. The second-order valence-electron chi connectivity index (χ2n) is 7.31. The number of halogens is 1. The fraction of sp³-hybridized carbons (Fsp3) is 0.316. The van der Waals surface area contributed by atoms with E-state index in [9.17, 15) is 18.3 Å². The van der Waals surface area contributed by atoms with Gasteiger partial charge in [-0.1, -0.05) is 56.6 Å². The molecular weight excluding hydrogens is 374 g/mol. The van der Waals surface area contributed by atoms with Crippen LogP contribution in [0.5, 0.6) is 0 Å². The van der Waals surface area contributed by atoms with Crippen LogP contribution in [0, 0.1) is 5.41 Å². The summed E-state index contributed by atoms with van der Waals surface area (Å²) >= 11 is 5.87. The van der Waals surface area contributed by atoms with Gasteiger partial charge in [0.05, 0.1) is 4.90 Å². The number of aliphatic carboxylic acids is 1. The molecule has 0 heterocycles. The van der Waals surface area contributed by atoms with Crippen LogP contribution in [0.2, 0.25) is 5.02 Å². The Morgan fingerprint density at radius 3 is 1.92 bits per heavy atom. The average Bonchev–Trinajstić information content (AvgIpc) is 2.53. The van der Waals surface area contributed by atoms with E-state index in [0.717, 1.165) is 11.1 Å². The third-order valence-electron chi connectivity index (χ3n) is 3.75. The number of sulfonamides is 1. The van der Waals surface area contributed by atoms with E-state index in [1.165, 1.54) is 12.1 Å². The van der Waals surface area contributed by atoms with Gasteiger partial charge in [-0.05, 0) is 47.2 Å². The first-order valence-corrected chi connectivity index (χ1v) is 9.95. The van der Waals surface area contributed by atoms with Gasteiger partial charge in [-0.2, -0.15) is 4.72 Å². The molecule has 0 spiro atoms. The van der Waals surface area contributed by atoms with Crippen molar-refractivity contribution in [1.29, 1.82) is 0 Å². The molecule has 0 aliphatic rings.